The van der Waals surface area contributed by atoms with E-state index in [0.717, 1.165) is 49.9 Å². The van der Waals surface area contributed by atoms with E-state index >= 15 is 0 Å². The Bertz CT molecular complexity index is 3000. The number of carbonyl (C=O) groups is 4. The number of hydrogen-bond donors (Lipinski definition) is 0. The molecule has 0 radical (unpaired) electrons. The van der Waals surface area contributed by atoms with E-state index in [4.69, 9.17) is 4.42 Å². The third-order valence-corrected chi connectivity index (χ3v) is 9.63. The first-order valence-corrected chi connectivity index (χ1v) is 22.1. The zero-order chi connectivity index (χ0) is 49.6. The van der Waals surface area contributed by atoms with Crippen LogP contribution in [0.1, 0.15) is 66.6 Å². The predicted octanol–water partition coefficient (Wildman–Crippen LogP) is 14.0. The molecule has 346 valence electrons. The molecule has 8 rings (SSSR count). The van der Waals surface area contributed by atoms with Crippen molar-refractivity contribution in [2.24, 2.45) is 0 Å². The van der Waals surface area contributed by atoms with Gasteiger partial charge in [0.25, 0.3) is 0 Å². The lowest BCUT2D eigenvalue weighted by molar-refractivity contribution is -0.134. The molecule has 69 heavy (non-hydrogen) atoms. The van der Waals surface area contributed by atoms with Crippen LogP contribution in [0, 0.1) is 20.8 Å². The fourth-order valence-corrected chi connectivity index (χ4v) is 5.84. The first-order chi connectivity index (χ1) is 33.4. The van der Waals surface area contributed by atoms with Gasteiger partial charge in [-0.3, -0.25) is 14.4 Å². The van der Waals surface area contributed by atoms with Crippen molar-refractivity contribution in [3.8, 4) is 0 Å². The lowest BCUT2D eigenvalue weighted by Gasteiger charge is -1.96. The maximum absolute atomic E-state index is 11.8. The van der Waals surface area contributed by atoms with Crippen LogP contribution in [0.2, 0.25) is 0 Å². The van der Waals surface area contributed by atoms with Crippen LogP contribution < -0.4 is 5.63 Å². The van der Waals surface area contributed by atoms with E-state index in [9.17, 15) is 24.0 Å². The molecule has 0 N–H and O–H groups in total. The molecule has 0 bridgehead atoms. The third kappa shape index (κ3) is 21.4. The first kappa shape index (κ1) is 52.8. The highest BCUT2D eigenvalue weighted by Crippen LogP contribution is 2.13. The smallest absolute Gasteiger partial charge is 0.336 e. The summed E-state index contributed by atoms with van der Waals surface area (Å²) in [6.45, 7) is 7.56. The summed E-state index contributed by atoms with van der Waals surface area (Å²) in [5, 5.41) is 0.959. The fourth-order valence-electron chi connectivity index (χ4n) is 5.84. The molecule has 0 atom stereocenters. The average molecular weight is 913 g/mol. The summed E-state index contributed by atoms with van der Waals surface area (Å²) in [6, 6.07) is 63.1. The van der Waals surface area contributed by atoms with Gasteiger partial charge in [0.2, 0.25) is 0 Å². The molecular formula is C62H56O7. The summed E-state index contributed by atoms with van der Waals surface area (Å²) < 4.78 is 9.43. The maximum atomic E-state index is 11.8. The summed E-state index contributed by atoms with van der Waals surface area (Å²) >= 11 is 0. The quantitative estimate of drug-likeness (QED) is 0.0582. The van der Waals surface area contributed by atoms with Crippen LogP contribution in [-0.4, -0.2) is 30.4 Å². The van der Waals surface area contributed by atoms with Crippen molar-refractivity contribution < 1.29 is 28.3 Å². The monoisotopic (exact) mass is 912 g/mol. The average Bonchev–Trinajstić information content (AvgIpc) is 3.38. The van der Waals surface area contributed by atoms with Crippen LogP contribution in [0.15, 0.2) is 234 Å². The molecule has 7 heteroatoms. The Balaban J connectivity index is 0.000000190. The van der Waals surface area contributed by atoms with E-state index < -0.39 is 0 Å². The van der Waals surface area contributed by atoms with E-state index in [1.807, 2.05) is 227 Å². The number of fused-ring (bicyclic) bond motifs is 1. The number of esters is 1. The second-order valence-electron chi connectivity index (χ2n) is 15.4. The third-order valence-electron chi connectivity index (χ3n) is 9.63. The van der Waals surface area contributed by atoms with Gasteiger partial charge in [-0.05, 0) is 91.9 Å². The number of ether oxygens (including phenoxy) is 1. The highest BCUT2D eigenvalue weighted by molar-refractivity contribution is 6.07. The number of aryl methyl sites for hydroxylation is 3. The fraction of sp³-hybridized carbons (Fsp3) is 0.0806. The van der Waals surface area contributed by atoms with Crippen LogP contribution >= 0.6 is 0 Å². The van der Waals surface area contributed by atoms with Gasteiger partial charge in [0.15, 0.2) is 17.3 Å². The Kier molecular flexibility index (Phi) is 22.7. The highest BCUT2D eigenvalue weighted by Gasteiger charge is 2.01. The molecule has 1 aromatic heterocycles. The second kappa shape index (κ2) is 29.7. The molecule has 0 unspecified atom stereocenters. The summed E-state index contributed by atoms with van der Waals surface area (Å²) in [5.74, 6) is -0.187. The molecule has 7 aromatic carbocycles. The molecule has 0 fully saturated rings. The largest absolute Gasteiger partial charge is 0.466 e. The van der Waals surface area contributed by atoms with Crippen molar-refractivity contribution in [1.29, 1.82) is 0 Å². The molecule has 0 saturated carbocycles. The number of benzene rings is 7. The van der Waals surface area contributed by atoms with Crippen LogP contribution in [0.25, 0.3) is 35.3 Å². The minimum absolute atomic E-state index is 0.0335. The van der Waals surface area contributed by atoms with Crippen LogP contribution in [0.4, 0.5) is 0 Å². The van der Waals surface area contributed by atoms with Crippen LogP contribution in [0.5, 0.6) is 0 Å². The van der Waals surface area contributed by atoms with Gasteiger partial charge in [-0.15, -0.1) is 0 Å². The number of allylic oxidation sites excluding steroid dienone is 3. The van der Waals surface area contributed by atoms with Crippen LogP contribution in [-0.2, 0) is 14.3 Å². The summed E-state index contributed by atoms with van der Waals surface area (Å²) in [4.78, 5) is 55.7. The number of methoxy groups -OCH3 is 1. The summed E-state index contributed by atoms with van der Waals surface area (Å²) in [6.07, 6.45) is 13.4. The second-order valence-corrected chi connectivity index (χ2v) is 15.4. The Hall–Kier alpha value is -8.81. The Morgan fingerprint density at radius 2 is 0.797 bits per heavy atom. The molecule has 7 nitrogen and oxygen atoms in total. The van der Waals surface area contributed by atoms with Crippen molar-refractivity contribution in [3.05, 3.63) is 285 Å². The van der Waals surface area contributed by atoms with Gasteiger partial charge >= 0.3 is 11.6 Å². The molecule has 0 aliphatic carbocycles. The number of ketones is 3. The number of rotatable bonds is 10. The van der Waals surface area contributed by atoms with E-state index in [2.05, 4.69) is 4.74 Å². The van der Waals surface area contributed by atoms with Crippen LogP contribution in [0.3, 0.4) is 0 Å². The Labute approximate surface area is 405 Å². The lowest BCUT2D eigenvalue weighted by atomic mass is 10.1. The maximum Gasteiger partial charge on any atom is 0.336 e. The first-order valence-electron chi connectivity index (χ1n) is 22.1. The SMILES string of the molecule is CC(=O)/C=C/c1ccccc1.COC(=O)/C=C/c1ccccc1.Cc1ccc(/C=C/C(=O)c2ccccc2)cc1.Cc1ccc(C(=O)/C=C/c2ccccc2)cc1.Cc1ccc2ccc(=O)oc2c1. The molecule has 0 amide bonds. The molecular weight excluding hydrogens is 857 g/mol. The normalized spacial score (nSPS) is 10.4. The summed E-state index contributed by atoms with van der Waals surface area (Å²) in [5.41, 5.74) is 9.40. The molecule has 0 aliphatic rings. The minimum Gasteiger partial charge on any atom is -0.466 e. The van der Waals surface area contributed by atoms with Crippen molar-refractivity contribution in [2.75, 3.05) is 7.11 Å². The van der Waals surface area contributed by atoms with Gasteiger partial charge in [-0.1, -0.05) is 211 Å². The molecule has 0 spiro atoms. The Morgan fingerprint density at radius 3 is 1.26 bits per heavy atom. The van der Waals surface area contributed by atoms with Crippen molar-refractivity contribution in [3.63, 3.8) is 0 Å². The molecule has 0 aliphatic heterocycles. The van der Waals surface area contributed by atoms with Gasteiger partial charge in [-0.2, -0.15) is 0 Å². The Morgan fingerprint density at radius 1 is 0.420 bits per heavy atom. The van der Waals surface area contributed by atoms with E-state index in [0.29, 0.717) is 5.58 Å². The minimum atomic E-state index is -0.334. The topological polar surface area (TPSA) is 108 Å². The number of carbonyl (C=O) groups excluding carboxylic acids is 4. The van der Waals surface area contributed by atoms with Crippen molar-refractivity contribution in [1.82, 2.24) is 0 Å². The van der Waals surface area contributed by atoms with E-state index in [1.54, 1.807) is 37.3 Å². The summed E-state index contributed by atoms with van der Waals surface area (Å²) in [7, 11) is 1.36. The number of hydrogen-bond acceptors (Lipinski definition) is 7. The predicted molar refractivity (Wildman–Crippen MR) is 283 cm³/mol. The molecule has 8 aromatic rings. The standard InChI is InChI=1S/2C16H14O.C10H8O2.C10H10O2.C10H10O/c1-13-7-10-15(11-8-13)16(17)12-9-14-5-3-2-4-6-14;1-13-7-9-14(10-8-13)11-12-16(17)15-5-3-2-4-6-15;1-7-2-3-8-4-5-10(11)12-9(8)6-7;1-12-10(11)8-7-9-5-3-2-4-6-9;1-9(11)7-8-10-5-3-2-4-6-10/h2*2-12H,1H3;2-6H,1H3;2-8H,1H3;2-8H,1H3/b12-9+;12-11+;;2*8-7+. The van der Waals surface area contributed by atoms with E-state index in [1.165, 1.54) is 24.8 Å². The van der Waals surface area contributed by atoms with Crippen molar-refractivity contribution in [2.45, 2.75) is 27.7 Å². The molecule has 1 heterocycles. The van der Waals surface area contributed by atoms with Gasteiger partial charge < -0.3 is 9.15 Å². The van der Waals surface area contributed by atoms with Gasteiger partial charge in [0, 0.05) is 28.7 Å². The highest BCUT2D eigenvalue weighted by atomic mass is 16.5. The van der Waals surface area contributed by atoms with Gasteiger partial charge in [0.1, 0.15) is 5.58 Å². The van der Waals surface area contributed by atoms with Gasteiger partial charge in [-0.25, -0.2) is 9.59 Å². The van der Waals surface area contributed by atoms with E-state index in [-0.39, 0.29) is 28.9 Å². The zero-order valence-electron chi connectivity index (χ0n) is 39.5. The molecule has 0 saturated heterocycles. The van der Waals surface area contributed by atoms with Gasteiger partial charge in [0.05, 0.1) is 7.11 Å². The van der Waals surface area contributed by atoms with Crippen molar-refractivity contribution >= 4 is 58.6 Å². The lowest BCUT2D eigenvalue weighted by Crippen LogP contribution is -1.93. The zero-order valence-corrected chi connectivity index (χ0v) is 39.5.